The zero-order chi connectivity index (χ0) is 20.8. The van der Waals surface area contributed by atoms with Crippen LogP contribution in [-0.2, 0) is 0 Å². The molecule has 4 rings (SSSR count). The third-order valence-electron chi connectivity index (χ3n) is 5.40. The van der Waals surface area contributed by atoms with Crippen molar-refractivity contribution in [2.75, 3.05) is 19.7 Å². The average molecular weight is 405 g/mol. The van der Waals surface area contributed by atoms with Crippen LogP contribution in [0.4, 0.5) is 0 Å². The Labute approximate surface area is 176 Å². The molecule has 1 fully saturated rings. The minimum atomic E-state index is 0.0302. The first-order valence-corrected chi connectivity index (χ1v) is 10.7. The number of amides is 1. The van der Waals surface area contributed by atoms with E-state index in [-0.39, 0.29) is 11.8 Å². The highest BCUT2D eigenvalue weighted by Crippen LogP contribution is 2.28. The van der Waals surface area contributed by atoms with Gasteiger partial charge in [0.05, 0.1) is 12.5 Å². The van der Waals surface area contributed by atoms with Crippen molar-refractivity contribution in [3.05, 3.63) is 66.1 Å². The van der Waals surface area contributed by atoms with Crippen molar-refractivity contribution in [1.29, 1.82) is 0 Å². The first-order valence-electron chi connectivity index (χ1n) is 10.7. The third-order valence-corrected chi connectivity index (χ3v) is 5.40. The van der Waals surface area contributed by atoms with Gasteiger partial charge in [-0.1, -0.05) is 48.8 Å². The quantitative estimate of drug-likeness (QED) is 0.521. The van der Waals surface area contributed by atoms with E-state index in [1.807, 2.05) is 59.5 Å². The zero-order valence-corrected chi connectivity index (χ0v) is 17.3. The Bertz CT molecular complexity index is 953. The fourth-order valence-corrected chi connectivity index (χ4v) is 3.68. The molecule has 3 aromatic rings. The van der Waals surface area contributed by atoms with Crippen molar-refractivity contribution < 1.29 is 14.1 Å². The van der Waals surface area contributed by atoms with E-state index in [9.17, 15) is 4.79 Å². The molecule has 0 spiro atoms. The van der Waals surface area contributed by atoms with Crippen molar-refractivity contribution >= 4 is 5.91 Å². The van der Waals surface area contributed by atoms with Gasteiger partial charge < -0.3 is 14.2 Å². The number of aromatic nitrogens is 2. The fourth-order valence-electron chi connectivity index (χ4n) is 3.68. The summed E-state index contributed by atoms with van der Waals surface area (Å²) >= 11 is 0. The average Bonchev–Trinajstić information content (AvgIpc) is 3.30. The maximum Gasteiger partial charge on any atom is 0.253 e. The van der Waals surface area contributed by atoms with Crippen LogP contribution in [0.1, 0.15) is 54.8 Å². The molecule has 0 saturated carbocycles. The topological polar surface area (TPSA) is 68.5 Å². The van der Waals surface area contributed by atoms with Crippen molar-refractivity contribution in [1.82, 2.24) is 15.0 Å². The zero-order valence-electron chi connectivity index (χ0n) is 17.3. The first kappa shape index (κ1) is 20.1. The van der Waals surface area contributed by atoms with Crippen LogP contribution in [-0.4, -0.2) is 40.6 Å². The molecule has 156 valence electrons. The van der Waals surface area contributed by atoms with E-state index >= 15 is 0 Å². The van der Waals surface area contributed by atoms with Gasteiger partial charge in [0.25, 0.3) is 5.91 Å². The molecule has 6 heteroatoms. The van der Waals surface area contributed by atoms with E-state index in [0.29, 0.717) is 30.4 Å². The van der Waals surface area contributed by atoms with Crippen LogP contribution in [0.2, 0.25) is 0 Å². The van der Waals surface area contributed by atoms with Crippen LogP contribution in [0, 0.1) is 0 Å². The number of nitrogens with zero attached hydrogens (tertiary/aromatic N) is 3. The van der Waals surface area contributed by atoms with Gasteiger partial charge in [-0.15, -0.1) is 0 Å². The molecule has 0 N–H and O–H groups in total. The Morgan fingerprint density at radius 1 is 1.17 bits per heavy atom. The molecule has 30 heavy (non-hydrogen) atoms. The van der Waals surface area contributed by atoms with Crippen LogP contribution in [0.15, 0.2) is 59.1 Å². The van der Waals surface area contributed by atoms with E-state index in [4.69, 9.17) is 9.26 Å². The number of piperidine rings is 1. The molecule has 6 nitrogen and oxygen atoms in total. The molecule has 2 aromatic carbocycles. The van der Waals surface area contributed by atoms with Gasteiger partial charge >= 0.3 is 0 Å². The predicted octanol–water partition coefficient (Wildman–Crippen LogP) is 4.94. The van der Waals surface area contributed by atoms with Gasteiger partial charge in [-0.25, -0.2) is 0 Å². The van der Waals surface area contributed by atoms with E-state index < -0.39 is 0 Å². The van der Waals surface area contributed by atoms with Gasteiger partial charge in [0, 0.05) is 24.2 Å². The number of likely N-dealkylation sites (tertiary alicyclic amines) is 1. The maximum absolute atomic E-state index is 13.0. The number of hydrogen-bond acceptors (Lipinski definition) is 5. The lowest BCUT2D eigenvalue weighted by atomic mass is 9.97. The molecule has 0 radical (unpaired) electrons. The summed E-state index contributed by atoms with van der Waals surface area (Å²) in [6.45, 7) is 4.16. The molecule has 1 aliphatic heterocycles. The lowest BCUT2D eigenvalue weighted by Gasteiger charge is -2.31. The molecule has 1 aromatic heterocycles. The SMILES string of the molecule is CCCCOc1ccc(C(=O)N2CCCC(c3nc(-c4ccccc4)no3)C2)cc1. The van der Waals surface area contributed by atoms with Gasteiger partial charge in [0.2, 0.25) is 11.7 Å². The second-order valence-corrected chi connectivity index (χ2v) is 7.64. The molecule has 1 aliphatic rings. The number of rotatable bonds is 7. The number of carbonyl (C=O) groups is 1. The number of hydrogen-bond donors (Lipinski definition) is 0. The van der Waals surface area contributed by atoms with Crippen molar-refractivity contribution in [3.8, 4) is 17.1 Å². The normalized spacial score (nSPS) is 16.4. The summed E-state index contributed by atoms with van der Waals surface area (Å²) in [5.41, 5.74) is 1.60. The number of benzene rings is 2. The minimum absolute atomic E-state index is 0.0302. The summed E-state index contributed by atoms with van der Waals surface area (Å²) in [5, 5.41) is 4.13. The molecule has 0 bridgehead atoms. The van der Waals surface area contributed by atoms with E-state index in [2.05, 4.69) is 17.1 Å². The molecular formula is C24H27N3O3. The van der Waals surface area contributed by atoms with Gasteiger partial charge in [-0.2, -0.15) is 4.98 Å². The summed E-state index contributed by atoms with van der Waals surface area (Å²) in [6.07, 6.45) is 3.97. The Morgan fingerprint density at radius 2 is 1.97 bits per heavy atom. The van der Waals surface area contributed by atoms with Crippen LogP contribution < -0.4 is 4.74 Å². The Balaban J connectivity index is 1.40. The number of carbonyl (C=O) groups excluding carboxylic acids is 1. The molecular weight excluding hydrogens is 378 g/mol. The summed E-state index contributed by atoms with van der Waals surface area (Å²) in [7, 11) is 0. The Morgan fingerprint density at radius 3 is 2.73 bits per heavy atom. The van der Waals surface area contributed by atoms with E-state index in [1.54, 1.807) is 0 Å². The lowest BCUT2D eigenvalue weighted by molar-refractivity contribution is 0.0695. The second-order valence-electron chi connectivity index (χ2n) is 7.64. The highest BCUT2D eigenvalue weighted by atomic mass is 16.5. The van der Waals surface area contributed by atoms with Crippen molar-refractivity contribution in [3.63, 3.8) is 0 Å². The Kier molecular flexibility index (Phi) is 6.42. The van der Waals surface area contributed by atoms with Gasteiger partial charge in [-0.05, 0) is 43.5 Å². The highest BCUT2D eigenvalue weighted by Gasteiger charge is 2.29. The standard InChI is InChI=1S/C24H27N3O3/c1-2-3-16-29-21-13-11-19(12-14-21)24(28)27-15-7-10-20(17-27)23-25-22(26-30-23)18-8-5-4-6-9-18/h4-6,8-9,11-14,20H,2-3,7,10,15-17H2,1H3. The minimum Gasteiger partial charge on any atom is -0.494 e. The van der Waals surface area contributed by atoms with E-state index in [1.165, 1.54) is 0 Å². The summed E-state index contributed by atoms with van der Waals surface area (Å²) in [6, 6.07) is 17.2. The smallest absolute Gasteiger partial charge is 0.253 e. The van der Waals surface area contributed by atoms with Crippen LogP contribution in [0.5, 0.6) is 5.75 Å². The molecule has 1 atom stereocenters. The number of ether oxygens (including phenoxy) is 1. The highest BCUT2D eigenvalue weighted by molar-refractivity contribution is 5.94. The summed E-state index contributed by atoms with van der Waals surface area (Å²) in [4.78, 5) is 19.5. The van der Waals surface area contributed by atoms with Crippen molar-refractivity contribution in [2.45, 2.75) is 38.5 Å². The van der Waals surface area contributed by atoms with Crippen LogP contribution in [0.3, 0.4) is 0 Å². The lowest BCUT2D eigenvalue weighted by Crippen LogP contribution is -2.39. The summed E-state index contributed by atoms with van der Waals surface area (Å²) in [5.74, 6) is 2.08. The van der Waals surface area contributed by atoms with Gasteiger partial charge in [-0.3, -0.25) is 4.79 Å². The molecule has 1 amide bonds. The molecule has 0 aliphatic carbocycles. The second kappa shape index (κ2) is 9.57. The van der Waals surface area contributed by atoms with Gasteiger partial charge in [0.15, 0.2) is 0 Å². The van der Waals surface area contributed by atoms with Gasteiger partial charge in [0.1, 0.15) is 5.75 Å². The predicted molar refractivity (Wildman–Crippen MR) is 114 cm³/mol. The monoisotopic (exact) mass is 405 g/mol. The first-order chi connectivity index (χ1) is 14.7. The molecule has 1 saturated heterocycles. The molecule has 2 heterocycles. The summed E-state index contributed by atoms with van der Waals surface area (Å²) < 4.78 is 11.2. The maximum atomic E-state index is 13.0. The largest absolute Gasteiger partial charge is 0.494 e. The third kappa shape index (κ3) is 4.70. The Hall–Kier alpha value is -3.15. The number of unbranched alkanes of at least 4 members (excludes halogenated alkanes) is 1. The van der Waals surface area contributed by atoms with Crippen LogP contribution in [0.25, 0.3) is 11.4 Å². The fraction of sp³-hybridized carbons (Fsp3) is 0.375. The van der Waals surface area contributed by atoms with Crippen LogP contribution >= 0.6 is 0 Å². The van der Waals surface area contributed by atoms with E-state index in [0.717, 1.165) is 43.5 Å². The van der Waals surface area contributed by atoms with Crippen molar-refractivity contribution in [2.24, 2.45) is 0 Å². The molecule has 1 unspecified atom stereocenters.